The molecule has 0 bridgehead atoms. The van der Waals surface area contributed by atoms with E-state index in [-0.39, 0.29) is 0 Å². The Kier molecular flexibility index (Phi) is 4.12. The van der Waals surface area contributed by atoms with Gasteiger partial charge in [-0.2, -0.15) is 0 Å². The number of hydrogen-bond donors (Lipinski definition) is 1. The van der Waals surface area contributed by atoms with Crippen molar-refractivity contribution in [2.45, 2.75) is 0 Å². The van der Waals surface area contributed by atoms with E-state index < -0.39 is 5.97 Å². The van der Waals surface area contributed by atoms with Crippen LogP contribution < -0.4 is 5.32 Å². The van der Waals surface area contributed by atoms with Gasteiger partial charge in [-0.25, -0.2) is 4.79 Å². The van der Waals surface area contributed by atoms with Gasteiger partial charge < -0.3 is 10.1 Å². The second kappa shape index (κ2) is 4.83. The van der Waals surface area contributed by atoms with E-state index in [0.717, 1.165) is 6.08 Å². The van der Waals surface area contributed by atoms with Gasteiger partial charge in [0, 0.05) is 12.3 Å². The van der Waals surface area contributed by atoms with Crippen LogP contribution in [-0.4, -0.2) is 19.5 Å². The van der Waals surface area contributed by atoms with Crippen molar-refractivity contribution in [3.8, 4) is 0 Å². The molecule has 4 heteroatoms. The fraction of sp³-hybridized carbons (Fsp3) is 0.200. The Labute approximate surface area is 52.5 Å². The van der Waals surface area contributed by atoms with Crippen LogP contribution in [0.25, 0.3) is 0 Å². The summed E-state index contributed by atoms with van der Waals surface area (Å²) in [5.41, 5.74) is 0. The summed E-state index contributed by atoms with van der Waals surface area (Å²) in [6, 6.07) is 0. The highest BCUT2D eigenvalue weighted by Gasteiger charge is 1.86. The van der Waals surface area contributed by atoms with Gasteiger partial charge in [-0.05, 0) is 0 Å². The predicted octanol–water partition coefficient (Wildman–Crippen LogP) is -0.581. The number of methoxy groups -OCH3 is 1. The van der Waals surface area contributed by atoms with Crippen molar-refractivity contribution in [2.75, 3.05) is 7.11 Å². The van der Waals surface area contributed by atoms with Crippen molar-refractivity contribution in [3.05, 3.63) is 12.3 Å². The van der Waals surface area contributed by atoms with Crippen molar-refractivity contribution in [2.24, 2.45) is 0 Å². The van der Waals surface area contributed by atoms with Gasteiger partial charge in [0.1, 0.15) is 0 Å². The zero-order valence-electron chi connectivity index (χ0n) is 4.96. The Morgan fingerprint density at radius 2 is 2.33 bits per heavy atom. The SMILES string of the molecule is COC(=O)/C=C\NC=O. The second-order valence-corrected chi connectivity index (χ2v) is 1.14. The summed E-state index contributed by atoms with van der Waals surface area (Å²) in [5, 5.41) is 2.15. The number of rotatable bonds is 3. The number of esters is 1. The normalized spacial score (nSPS) is 9.00. The molecule has 0 radical (unpaired) electrons. The fourth-order valence-corrected chi connectivity index (χ4v) is 0.223. The van der Waals surface area contributed by atoms with Crippen LogP contribution in [0.2, 0.25) is 0 Å². The lowest BCUT2D eigenvalue weighted by Gasteiger charge is -1.87. The van der Waals surface area contributed by atoms with Gasteiger partial charge in [0.15, 0.2) is 0 Å². The summed E-state index contributed by atoms with van der Waals surface area (Å²) in [6.45, 7) is 0. The maximum absolute atomic E-state index is 10.2. The average Bonchev–Trinajstić information content (AvgIpc) is 1.89. The zero-order chi connectivity index (χ0) is 7.11. The van der Waals surface area contributed by atoms with Crippen LogP contribution in [0, 0.1) is 0 Å². The molecule has 0 aliphatic carbocycles. The number of nitrogens with one attached hydrogen (secondary N) is 1. The van der Waals surface area contributed by atoms with Gasteiger partial charge in [-0.1, -0.05) is 0 Å². The molecule has 0 saturated carbocycles. The van der Waals surface area contributed by atoms with Crippen molar-refractivity contribution in [1.29, 1.82) is 0 Å². The molecule has 0 fully saturated rings. The molecule has 1 amide bonds. The molecule has 0 saturated heterocycles. The molecule has 1 N–H and O–H groups in total. The van der Waals surface area contributed by atoms with E-state index in [9.17, 15) is 9.59 Å². The standard InChI is InChI=1S/C5H7NO3/c1-9-5(8)2-3-6-4-7/h2-4H,1H3,(H,6,7)/b3-2-. The molecule has 0 aromatic rings. The van der Waals surface area contributed by atoms with E-state index >= 15 is 0 Å². The Hall–Kier alpha value is -1.32. The first kappa shape index (κ1) is 7.68. The molecule has 9 heavy (non-hydrogen) atoms. The van der Waals surface area contributed by atoms with E-state index in [1.54, 1.807) is 0 Å². The lowest BCUT2D eigenvalue weighted by molar-refractivity contribution is -0.134. The zero-order valence-corrected chi connectivity index (χ0v) is 4.96. The van der Waals surface area contributed by atoms with Crippen LogP contribution in [0.15, 0.2) is 12.3 Å². The molecule has 0 rings (SSSR count). The summed E-state index contributed by atoms with van der Waals surface area (Å²) in [7, 11) is 1.26. The first-order chi connectivity index (χ1) is 4.31. The van der Waals surface area contributed by atoms with Crippen LogP contribution in [0.3, 0.4) is 0 Å². The first-order valence-corrected chi connectivity index (χ1v) is 2.25. The van der Waals surface area contributed by atoms with Crippen LogP contribution >= 0.6 is 0 Å². The Bertz CT molecular complexity index is 130. The average molecular weight is 129 g/mol. The first-order valence-electron chi connectivity index (χ1n) is 2.25. The van der Waals surface area contributed by atoms with Crippen LogP contribution in [-0.2, 0) is 14.3 Å². The maximum atomic E-state index is 10.2. The minimum absolute atomic E-state index is 0.458. The molecule has 0 unspecified atom stereocenters. The van der Waals surface area contributed by atoms with Gasteiger partial charge >= 0.3 is 5.97 Å². The van der Waals surface area contributed by atoms with Crippen molar-refractivity contribution >= 4 is 12.4 Å². The third kappa shape index (κ3) is 4.53. The summed E-state index contributed by atoms with van der Waals surface area (Å²) >= 11 is 0. The second-order valence-electron chi connectivity index (χ2n) is 1.14. The van der Waals surface area contributed by atoms with Crippen LogP contribution in [0.4, 0.5) is 0 Å². The number of amides is 1. The summed E-state index contributed by atoms with van der Waals surface area (Å²) < 4.78 is 4.22. The Balaban J connectivity index is 3.43. The van der Waals surface area contributed by atoms with Crippen molar-refractivity contribution in [3.63, 3.8) is 0 Å². The minimum atomic E-state index is -0.496. The number of ether oxygens (including phenoxy) is 1. The van der Waals surface area contributed by atoms with Gasteiger partial charge in [0.2, 0.25) is 6.41 Å². The van der Waals surface area contributed by atoms with E-state index in [4.69, 9.17) is 0 Å². The van der Waals surface area contributed by atoms with E-state index in [1.807, 2.05) is 0 Å². The lowest BCUT2D eigenvalue weighted by Crippen LogP contribution is -2.02. The molecule has 4 nitrogen and oxygen atoms in total. The molecule has 0 aromatic carbocycles. The molecule has 0 aromatic heterocycles. The van der Waals surface area contributed by atoms with Crippen LogP contribution in [0.5, 0.6) is 0 Å². The fourth-order valence-electron chi connectivity index (χ4n) is 0.223. The van der Waals surface area contributed by atoms with Gasteiger partial charge in [0.05, 0.1) is 7.11 Å². The third-order valence-corrected chi connectivity index (χ3v) is 0.585. The summed E-state index contributed by atoms with van der Waals surface area (Å²) in [5.74, 6) is -0.496. The number of hydrogen-bond acceptors (Lipinski definition) is 3. The monoisotopic (exact) mass is 129 g/mol. The molecule has 0 heterocycles. The highest BCUT2D eigenvalue weighted by atomic mass is 16.5. The quantitative estimate of drug-likeness (QED) is 0.315. The molecule has 0 aliphatic heterocycles. The molecular formula is C5H7NO3. The Morgan fingerprint density at radius 3 is 2.78 bits per heavy atom. The van der Waals surface area contributed by atoms with Crippen LogP contribution in [0.1, 0.15) is 0 Å². The largest absolute Gasteiger partial charge is 0.466 e. The van der Waals surface area contributed by atoms with Gasteiger partial charge in [-0.15, -0.1) is 0 Å². The molecule has 50 valence electrons. The summed E-state index contributed by atoms with van der Waals surface area (Å²) in [4.78, 5) is 19.8. The molecule has 0 aliphatic rings. The minimum Gasteiger partial charge on any atom is -0.466 e. The van der Waals surface area contributed by atoms with Crippen molar-refractivity contribution < 1.29 is 14.3 Å². The highest BCUT2D eigenvalue weighted by Crippen LogP contribution is 1.72. The third-order valence-electron chi connectivity index (χ3n) is 0.585. The maximum Gasteiger partial charge on any atom is 0.331 e. The van der Waals surface area contributed by atoms with Gasteiger partial charge in [-0.3, -0.25) is 4.79 Å². The topological polar surface area (TPSA) is 55.4 Å². The number of carbonyl (C=O) groups is 2. The molecule has 0 atom stereocenters. The predicted molar refractivity (Wildman–Crippen MR) is 30.4 cm³/mol. The summed E-state index contributed by atoms with van der Waals surface area (Å²) in [6.07, 6.45) is 2.76. The Morgan fingerprint density at radius 1 is 1.67 bits per heavy atom. The van der Waals surface area contributed by atoms with E-state index in [2.05, 4.69) is 10.1 Å². The highest BCUT2D eigenvalue weighted by molar-refractivity contribution is 5.81. The molecular weight excluding hydrogens is 122 g/mol. The van der Waals surface area contributed by atoms with E-state index in [0.29, 0.717) is 6.41 Å². The van der Waals surface area contributed by atoms with Gasteiger partial charge in [0.25, 0.3) is 0 Å². The number of carbonyl (C=O) groups excluding carboxylic acids is 2. The van der Waals surface area contributed by atoms with E-state index in [1.165, 1.54) is 13.3 Å². The smallest absolute Gasteiger partial charge is 0.331 e. The lowest BCUT2D eigenvalue weighted by atomic mass is 10.6. The molecule has 0 spiro atoms. The van der Waals surface area contributed by atoms with Crippen molar-refractivity contribution in [1.82, 2.24) is 5.32 Å².